The van der Waals surface area contributed by atoms with Gasteiger partial charge in [0.15, 0.2) is 0 Å². The van der Waals surface area contributed by atoms with Gasteiger partial charge >= 0.3 is 0 Å². The summed E-state index contributed by atoms with van der Waals surface area (Å²) in [5.74, 6) is -0.308. The summed E-state index contributed by atoms with van der Waals surface area (Å²) in [6, 6.07) is 9.82. The molecule has 2 heterocycles. The minimum Gasteiger partial charge on any atom is -0.546 e. The first-order valence-electron chi connectivity index (χ1n) is 11.2. The van der Waals surface area contributed by atoms with Gasteiger partial charge in [-0.15, -0.1) is 0 Å². The summed E-state index contributed by atoms with van der Waals surface area (Å²) >= 11 is 0. The highest BCUT2D eigenvalue weighted by molar-refractivity contribution is 7.91. The van der Waals surface area contributed by atoms with Crippen LogP contribution in [0.15, 0.2) is 58.7 Å². The molecule has 0 radical (unpaired) electrons. The van der Waals surface area contributed by atoms with E-state index in [0.717, 1.165) is 9.54 Å². The van der Waals surface area contributed by atoms with Crippen molar-refractivity contribution in [2.75, 3.05) is 20.8 Å². The molecular formula is C25H24N3O8S2-. The van der Waals surface area contributed by atoms with Crippen LogP contribution in [0.1, 0.15) is 16.8 Å². The Morgan fingerprint density at radius 2 is 1.74 bits per heavy atom. The van der Waals surface area contributed by atoms with Crippen LogP contribution in [0.3, 0.4) is 0 Å². The summed E-state index contributed by atoms with van der Waals surface area (Å²) in [5, 5.41) is 10.5. The molecule has 1 atom stereocenters. The normalized spacial score (nSPS) is 12.3. The summed E-state index contributed by atoms with van der Waals surface area (Å²) in [6.45, 7) is 2.95. The van der Waals surface area contributed by atoms with Crippen LogP contribution in [0.5, 0.6) is 17.2 Å². The van der Waals surface area contributed by atoms with E-state index in [1.54, 1.807) is 25.3 Å². The summed E-state index contributed by atoms with van der Waals surface area (Å²) in [7, 11) is -3.23. The first kappa shape index (κ1) is 27.1. The van der Waals surface area contributed by atoms with Crippen molar-refractivity contribution in [3.05, 3.63) is 65.5 Å². The molecule has 0 amide bonds. The second kappa shape index (κ2) is 10.8. The van der Waals surface area contributed by atoms with Crippen LogP contribution in [0, 0.1) is 13.8 Å². The van der Waals surface area contributed by atoms with E-state index in [2.05, 4.69) is 9.97 Å². The van der Waals surface area contributed by atoms with E-state index in [-0.39, 0.29) is 32.6 Å². The molecule has 4 aromatic rings. The number of nitrogens with zero attached hydrogens (tertiary/aromatic N) is 3. The highest BCUT2D eigenvalue weighted by atomic mass is 32.2. The number of rotatable bonds is 10. The van der Waals surface area contributed by atoms with Crippen molar-refractivity contribution in [3.8, 4) is 17.2 Å². The molecule has 4 rings (SSSR count). The molecule has 38 heavy (non-hydrogen) atoms. The van der Waals surface area contributed by atoms with Crippen LogP contribution in [0.25, 0.3) is 11.0 Å². The standard InChI is InChI=1S/C25H25N3O8S2/c1-15-12-26-21(16(2)24(15)35-4)14-37(31)25-27-20-11-18(34-3)7-10-22(20)28(25)38(32,33)19-8-5-17(6-9-19)36-13-23(29)30/h5-12H,13-14H2,1-4H3,(H,29,30)/p-1. The molecule has 0 aliphatic rings. The Kier molecular flexibility index (Phi) is 7.69. The lowest BCUT2D eigenvalue weighted by atomic mass is 10.1. The first-order valence-corrected chi connectivity index (χ1v) is 13.9. The van der Waals surface area contributed by atoms with Crippen molar-refractivity contribution in [2.24, 2.45) is 0 Å². The van der Waals surface area contributed by atoms with Gasteiger partial charge in [-0.3, -0.25) is 9.19 Å². The number of carbonyl (C=O) groups excluding carboxylic acids is 1. The van der Waals surface area contributed by atoms with E-state index in [4.69, 9.17) is 14.2 Å². The smallest absolute Gasteiger partial charge is 0.270 e. The fourth-order valence-corrected chi connectivity index (χ4v) is 6.93. The van der Waals surface area contributed by atoms with Crippen LogP contribution in [-0.2, 0) is 31.4 Å². The number of imidazole rings is 1. The van der Waals surface area contributed by atoms with Gasteiger partial charge in [0.1, 0.15) is 23.9 Å². The fourth-order valence-electron chi connectivity index (χ4n) is 3.88. The monoisotopic (exact) mass is 558 g/mol. The number of fused-ring (bicyclic) bond motifs is 1. The largest absolute Gasteiger partial charge is 0.546 e. The Labute approximate surface area is 221 Å². The van der Waals surface area contributed by atoms with Gasteiger partial charge in [0.2, 0.25) is 5.16 Å². The number of aryl methyl sites for hydroxylation is 1. The van der Waals surface area contributed by atoms with E-state index in [0.29, 0.717) is 22.8 Å². The van der Waals surface area contributed by atoms with Crippen molar-refractivity contribution >= 4 is 37.8 Å². The maximum absolute atomic E-state index is 13.8. The van der Waals surface area contributed by atoms with Gasteiger partial charge < -0.3 is 24.1 Å². The molecule has 0 saturated carbocycles. The van der Waals surface area contributed by atoms with Gasteiger partial charge in [0.25, 0.3) is 10.0 Å². The van der Waals surface area contributed by atoms with Crippen molar-refractivity contribution in [2.45, 2.75) is 29.7 Å². The lowest BCUT2D eigenvalue weighted by molar-refractivity contribution is -0.307. The molecule has 2 aromatic heterocycles. The average Bonchev–Trinajstić information content (AvgIpc) is 3.29. The average molecular weight is 559 g/mol. The first-order chi connectivity index (χ1) is 18.1. The van der Waals surface area contributed by atoms with Crippen LogP contribution in [-0.4, -0.2) is 53.4 Å². The van der Waals surface area contributed by atoms with Gasteiger partial charge in [-0.2, -0.15) is 0 Å². The quantitative estimate of drug-likeness (QED) is 0.282. The number of methoxy groups -OCH3 is 2. The number of carboxylic acids is 1. The third-order valence-corrected chi connectivity index (χ3v) is 8.78. The predicted molar refractivity (Wildman–Crippen MR) is 136 cm³/mol. The van der Waals surface area contributed by atoms with Gasteiger partial charge in [-0.25, -0.2) is 17.4 Å². The number of aliphatic carboxylic acids is 1. The lowest BCUT2D eigenvalue weighted by Crippen LogP contribution is -2.28. The molecular weight excluding hydrogens is 534 g/mol. The number of benzene rings is 2. The number of carbonyl (C=O) groups is 1. The number of aromatic nitrogens is 3. The minimum atomic E-state index is -4.30. The molecule has 1 unspecified atom stereocenters. The van der Waals surface area contributed by atoms with Crippen molar-refractivity contribution < 1.29 is 36.7 Å². The van der Waals surface area contributed by atoms with Gasteiger partial charge in [0, 0.05) is 23.4 Å². The molecule has 0 aliphatic heterocycles. The molecule has 0 aliphatic carbocycles. The second-order valence-corrected chi connectivity index (χ2v) is 11.3. The van der Waals surface area contributed by atoms with Gasteiger partial charge in [0.05, 0.1) is 58.4 Å². The zero-order valence-electron chi connectivity index (χ0n) is 21.0. The Balaban J connectivity index is 1.81. The third-order valence-electron chi connectivity index (χ3n) is 5.73. The summed E-state index contributed by atoms with van der Waals surface area (Å²) < 4.78 is 57.9. The van der Waals surface area contributed by atoms with Gasteiger partial charge in [-0.05, 0) is 50.2 Å². The van der Waals surface area contributed by atoms with E-state index in [1.807, 2.05) is 6.92 Å². The summed E-state index contributed by atoms with van der Waals surface area (Å²) in [6.07, 6.45) is 1.60. The zero-order valence-corrected chi connectivity index (χ0v) is 22.6. The molecule has 0 fully saturated rings. The number of hydrogen-bond donors (Lipinski definition) is 0. The van der Waals surface area contributed by atoms with Gasteiger partial charge in [-0.1, -0.05) is 0 Å². The van der Waals surface area contributed by atoms with Crippen molar-refractivity contribution in [1.82, 2.24) is 13.9 Å². The van der Waals surface area contributed by atoms with E-state index >= 15 is 0 Å². The molecule has 0 bridgehead atoms. The lowest BCUT2D eigenvalue weighted by Gasteiger charge is -2.13. The Morgan fingerprint density at radius 3 is 2.37 bits per heavy atom. The minimum absolute atomic E-state index is 0.103. The number of ether oxygens (including phenoxy) is 3. The maximum Gasteiger partial charge on any atom is 0.270 e. The van der Waals surface area contributed by atoms with Crippen LogP contribution in [0.2, 0.25) is 0 Å². The second-order valence-electron chi connectivity index (χ2n) is 8.19. The maximum atomic E-state index is 13.8. The third kappa shape index (κ3) is 5.20. The van der Waals surface area contributed by atoms with Crippen LogP contribution >= 0.6 is 0 Å². The number of carboxylic acid groups (broad SMARTS) is 1. The molecule has 0 N–H and O–H groups in total. The predicted octanol–water partition coefficient (Wildman–Crippen LogP) is 1.74. The topological polar surface area (TPSA) is 150 Å². The highest BCUT2D eigenvalue weighted by Crippen LogP contribution is 2.30. The van der Waals surface area contributed by atoms with Crippen molar-refractivity contribution in [1.29, 1.82) is 0 Å². The Morgan fingerprint density at radius 1 is 1.05 bits per heavy atom. The molecule has 0 spiro atoms. The molecule has 13 heteroatoms. The number of pyridine rings is 1. The molecule has 11 nitrogen and oxygen atoms in total. The fraction of sp³-hybridized carbons (Fsp3) is 0.240. The van der Waals surface area contributed by atoms with E-state index in [9.17, 15) is 22.5 Å². The highest BCUT2D eigenvalue weighted by Gasteiger charge is 2.28. The van der Waals surface area contributed by atoms with E-state index < -0.39 is 33.4 Å². The van der Waals surface area contributed by atoms with E-state index in [1.165, 1.54) is 44.6 Å². The number of hydrogen-bond acceptors (Lipinski definition) is 10. The summed E-state index contributed by atoms with van der Waals surface area (Å²) in [5.41, 5.74) is 2.47. The SMILES string of the molecule is COc1ccc2c(c1)nc(S(=O)Cc1ncc(C)c(OC)c1C)n2S(=O)(=O)c1ccc(OCC(=O)[O-])cc1. The zero-order chi connectivity index (χ0) is 27.6. The summed E-state index contributed by atoms with van der Waals surface area (Å²) in [4.78, 5) is 19.3. The van der Waals surface area contributed by atoms with Crippen molar-refractivity contribution in [3.63, 3.8) is 0 Å². The molecule has 200 valence electrons. The molecule has 0 saturated heterocycles. The van der Waals surface area contributed by atoms with Crippen LogP contribution < -0.4 is 19.3 Å². The Hall–Kier alpha value is -3.97. The van der Waals surface area contributed by atoms with Crippen LogP contribution in [0.4, 0.5) is 0 Å². The Bertz CT molecular complexity index is 1650. The molecule has 2 aromatic carbocycles.